The molecule has 0 N–H and O–H groups in total. The van der Waals surface area contributed by atoms with Crippen molar-refractivity contribution >= 4 is 0 Å². The van der Waals surface area contributed by atoms with Crippen molar-refractivity contribution in [3.05, 3.63) is 24.3 Å². The average molecular weight is 249 g/mol. The molecular weight excluding hydrogens is 216 g/mol. The summed E-state index contributed by atoms with van der Waals surface area (Å²) in [4.78, 5) is 0. The first-order valence-electron chi connectivity index (χ1n) is 8.14. The van der Waals surface area contributed by atoms with Gasteiger partial charge in [-0.25, -0.2) is 0 Å². The lowest BCUT2D eigenvalue weighted by molar-refractivity contribution is 0.636. The molecule has 0 aliphatic carbocycles. The van der Waals surface area contributed by atoms with Gasteiger partial charge in [0, 0.05) is 0 Å². The number of unbranched alkanes of at least 4 members (excludes halogenated alkanes) is 10. The predicted molar refractivity (Wildman–Crippen MR) is 83.7 cm³/mol. The van der Waals surface area contributed by atoms with Crippen LogP contribution < -0.4 is 0 Å². The summed E-state index contributed by atoms with van der Waals surface area (Å²) in [7, 11) is 0. The maximum Gasteiger partial charge on any atom is -0.0230 e. The van der Waals surface area contributed by atoms with Crippen LogP contribution in [0.5, 0.6) is 0 Å². The number of allylic oxidation sites excluding steroid dienone is 4. The van der Waals surface area contributed by atoms with Gasteiger partial charge in [0.05, 0.1) is 0 Å². The van der Waals surface area contributed by atoms with Gasteiger partial charge >= 0.3 is 0 Å². The zero-order valence-corrected chi connectivity index (χ0v) is 12.7. The highest BCUT2D eigenvalue weighted by Gasteiger charge is 1.87. The molecule has 0 amide bonds. The van der Waals surface area contributed by atoms with Gasteiger partial charge in [0.2, 0.25) is 0 Å². The molecule has 0 aromatic rings. The van der Waals surface area contributed by atoms with E-state index in [1.165, 1.54) is 77.0 Å². The number of hydrogen-bond acceptors (Lipinski definition) is 0. The van der Waals surface area contributed by atoms with Crippen LogP contribution in [-0.4, -0.2) is 0 Å². The van der Waals surface area contributed by atoms with Crippen molar-refractivity contribution in [1.82, 2.24) is 0 Å². The van der Waals surface area contributed by atoms with E-state index in [0.717, 1.165) is 0 Å². The lowest BCUT2D eigenvalue weighted by Gasteiger charge is -1.96. The van der Waals surface area contributed by atoms with Crippen molar-refractivity contribution in [3.8, 4) is 0 Å². The van der Waals surface area contributed by atoms with E-state index in [9.17, 15) is 0 Å². The minimum Gasteiger partial charge on any atom is -0.0839 e. The summed E-state index contributed by atoms with van der Waals surface area (Å²) in [6.45, 7) is 4.53. The Hall–Kier alpha value is -0.520. The molecule has 0 heterocycles. The van der Waals surface area contributed by atoms with E-state index in [1.54, 1.807) is 0 Å². The van der Waals surface area contributed by atoms with Crippen molar-refractivity contribution in [2.45, 2.75) is 90.9 Å². The van der Waals surface area contributed by atoms with Crippen LogP contribution >= 0.6 is 0 Å². The molecule has 18 heavy (non-hydrogen) atoms. The van der Waals surface area contributed by atoms with E-state index in [2.05, 4.69) is 38.2 Å². The van der Waals surface area contributed by atoms with Gasteiger partial charge < -0.3 is 0 Å². The highest BCUT2D eigenvalue weighted by atomic mass is 13.9. The standard InChI is InChI=1S/C18H33/c1-3-5-7-9-11-13-15-17-18-16-14-12-10-8-6-4-2/h15-17H,3-14H2,1-2H3. The van der Waals surface area contributed by atoms with Crippen molar-refractivity contribution in [2.24, 2.45) is 0 Å². The molecule has 0 saturated heterocycles. The minimum atomic E-state index is 1.20. The Labute approximate surface area is 116 Å². The molecule has 0 aliphatic heterocycles. The molecule has 0 spiro atoms. The quantitative estimate of drug-likeness (QED) is 0.254. The van der Waals surface area contributed by atoms with E-state index < -0.39 is 0 Å². The fourth-order valence-corrected chi connectivity index (χ4v) is 2.02. The molecular formula is C18H33. The molecule has 0 unspecified atom stereocenters. The first kappa shape index (κ1) is 17.5. The zero-order valence-electron chi connectivity index (χ0n) is 12.7. The number of hydrogen-bond donors (Lipinski definition) is 0. The van der Waals surface area contributed by atoms with Gasteiger partial charge in [-0.2, -0.15) is 0 Å². The summed E-state index contributed by atoms with van der Waals surface area (Å²) in [5.74, 6) is 0. The van der Waals surface area contributed by atoms with Gasteiger partial charge in [0.1, 0.15) is 0 Å². The third kappa shape index (κ3) is 15.5. The summed E-state index contributed by atoms with van der Waals surface area (Å²) >= 11 is 0. The molecule has 0 fully saturated rings. The molecule has 0 aromatic carbocycles. The second kappa shape index (κ2) is 16.5. The van der Waals surface area contributed by atoms with Crippen LogP contribution in [0.3, 0.4) is 0 Å². The first-order chi connectivity index (χ1) is 8.91. The van der Waals surface area contributed by atoms with Gasteiger partial charge in [-0.15, -0.1) is 0 Å². The number of rotatable bonds is 13. The van der Waals surface area contributed by atoms with Crippen LogP contribution in [0.1, 0.15) is 90.9 Å². The Morgan fingerprint density at radius 1 is 0.667 bits per heavy atom. The Kier molecular flexibility index (Phi) is 16.0. The molecule has 0 aliphatic rings. The average Bonchev–Trinajstić information content (AvgIpc) is 2.39. The Balaban J connectivity index is 3.15. The Morgan fingerprint density at radius 3 is 1.83 bits per heavy atom. The Bertz CT molecular complexity index is 166. The molecule has 0 rings (SSSR count). The van der Waals surface area contributed by atoms with Gasteiger partial charge in [0.15, 0.2) is 0 Å². The van der Waals surface area contributed by atoms with E-state index in [-0.39, 0.29) is 0 Å². The van der Waals surface area contributed by atoms with Gasteiger partial charge in [-0.1, -0.05) is 83.4 Å². The normalized spacial score (nSPS) is 11.9. The molecule has 0 nitrogen and oxygen atoms in total. The summed E-state index contributed by atoms with van der Waals surface area (Å²) in [5.41, 5.74) is 0. The van der Waals surface area contributed by atoms with Crippen LogP contribution in [0.15, 0.2) is 18.2 Å². The minimum absolute atomic E-state index is 1.20. The van der Waals surface area contributed by atoms with Crippen LogP contribution in [0.2, 0.25) is 0 Å². The van der Waals surface area contributed by atoms with Crippen molar-refractivity contribution in [3.63, 3.8) is 0 Å². The third-order valence-corrected chi connectivity index (χ3v) is 3.26. The van der Waals surface area contributed by atoms with Crippen LogP contribution in [0, 0.1) is 6.08 Å². The monoisotopic (exact) mass is 249 g/mol. The van der Waals surface area contributed by atoms with E-state index >= 15 is 0 Å². The van der Waals surface area contributed by atoms with Crippen molar-refractivity contribution in [2.75, 3.05) is 0 Å². The van der Waals surface area contributed by atoms with Gasteiger partial charge in [0.25, 0.3) is 0 Å². The van der Waals surface area contributed by atoms with E-state index in [1.807, 2.05) is 0 Å². The van der Waals surface area contributed by atoms with Gasteiger partial charge in [-0.3, -0.25) is 0 Å². The summed E-state index contributed by atoms with van der Waals surface area (Å²) < 4.78 is 0. The van der Waals surface area contributed by atoms with E-state index in [0.29, 0.717) is 0 Å². The third-order valence-electron chi connectivity index (χ3n) is 3.26. The molecule has 0 bridgehead atoms. The molecule has 105 valence electrons. The SMILES string of the molecule is CCCCCCCC=C/[C]=C/CCCCCCC. The summed E-state index contributed by atoms with van der Waals surface area (Å²) in [6, 6.07) is 0. The summed E-state index contributed by atoms with van der Waals surface area (Å²) in [5, 5.41) is 0. The molecule has 1 radical (unpaired) electrons. The molecule has 0 heteroatoms. The summed E-state index contributed by atoms with van der Waals surface area (Å²) in [6.07, 6.45) is 26.0. The highest BCUT2D eigenvalue weighted by molar-refractivity contribution is 4.94. The second-order valence-electron chi connectivity index (χ2n) is 5.18. The maximum atomic E-state index is 3.27. The van der Waals surface area contributed by atoms with Crippen LogP contribution in [0.25, 0.3) is 0 Å². The van der Waals surface area contributed by atoms with Crippen molar-refractivity contribution in [1.29, 1.82) is 0 Å². The smallest absolute Gasteiger partial charge is 0.0230 e. The molecule has 0 atom stereocenters. The van der Waals surface area contributed by atoms with E-state index in [4.69, 9.17) is 0 Å². The molecule has 0 aromatic heterocycles. The topological polar surface area (TPSA) is 0 Å². The van der Waals surface area contributed by atoms with Gasteiger partial charge in [-0.05, 0) is 31.8 Å². The lowest BCUT2D eigenvalue weighted by atomic mass is 10.1. The highest BCUT2D eigenvalue weighted by Crippen LogP contribution is 2.06. The predicted octanol–water partition coefficient (Wildman–Crippen LogP) is 6.62. The zero-order chi connectivity index (χ0) is 13.3. The largest absolute Gasteiger partial charge is 0.0839 e. The fourth-order valence-electron chi connectivity index (χ4n) is 2.02. The van der Waals surface area contributed by atoms with Crippen LogP contribution in [-0.2, 0) is 0 Å². The van der Waals surface area contributed by atoms with Crippen LogP contribution in [0.4, 0.5) is 0 Å². The van der Waals surface area contributed by atoms with Crippen molar-refractivity contribution < 1.29 is 0 Å². The second-order valence-corrected chi connectivity index (χ2v) is 5.18. The Morgan fingerprint density at radius 2 is 1.22 bits per heavy atom. The first-order valence-corrected chi connectivity index (χ1v) is 8.14. The maximum absolute atomic E-state index is 3.27. The fraction of sp³-hybridized carbons (Fsp3) is 0.778. The lowest BCUT2D eigenvalue weighted by Crippen LogP contribution is -1.76. The molecule has 0 saturated carbocycles.